The molecule has 3 heterocycles. The van der Waals surface area contributed by atoms with Gasteiger partial charge < -0.3 is 52.1 Å². The normalized spacial score (nSPS) is 26.2. The Bertz CT molecular complexity index is 2480. The molecule has 3 aliphatic rings. The monoisotopic (exact) mass is 963 g/mol. The maximum atomic E-state index is 9.01. The number of benzene rings is 6. The summed E-state index contributed by atoms with van der Waals surface area (Å²) in [5.41, 5.74) is 14.7. The van der Waals surface area contributed by atoms with E-state index >= 15 is 0 Å². The first-order valence-electron chi connectivity index (χ1n) is 24.3. The van der Waals surface area contributed by atoms with Gasteiger partial charge in [-0.25, -0.2) is 0 Å². The molecule has 0 N–H and O–H groups in total. The smallest absolute Gasteiger partial charge is 0.187 e. The van der Waals surface area contributed by atoms with Crippen LogP contribution in [-0.4, -0.2) is 87.8 Å². The van der Waals surface area contributed by atoms with Gasteiger partial charge in [0, 0.05) is 23.6 Å². The molecule has 3 saturated heterocycles. The highest BCUT2D eigenvalue weighted by Gasteiger charge is 2.56. The minimum Gasteiger partial charge on any atom is -0.374 e. The fourth-order valence-electron chi connectivity index (χ4n) is 8.95. The second-order valence-corrected chi connectivity index (χ2v) is 17.6. The van der Waals surface area contributed by atoms with Crippen LogP contribution >= 0.6 is 0 Å². The summed E-state index contributed by atoms with van der Waals surface area (Å²) in [5, 5.41) is 3.72. The maximum Gasteiger partial charge on any atom is 0.187 e. The summed E-state index contributed by atoms with van der Waals surface area (Å²) in [6.07, 6.45) is -8.43. The van der Waals surface area contributed by atoms with Crippen molar-refractivity contribution in [2.75, 3.05) is 26.4 Å². The van der Waals surface area contributed by atoms with E-state index in [-0.39, 0.29) is 52.8 Å². The lowest BCUT2D eigenvalue weighted by Gasteiger charge is -2.51. The van der Waals surface area contributed by atoms with Crippen LogP contribution in [-0.2, 0) is 85.1 Å². The fourth-order valence-corrected chi connectivity index (χ4v) is 8.95. The number of nitrogens with zero attached hydrogens (tertiary/aromatic N) is 3. The van der Waals surface area contributed by atoms with Gasteiger partial charge in [-0.3, -0.25) is 0 Å². The first-order valence-corrected chi connectivity index (χ1v) is 24.3. The van der Waals surface area contributed by atoms with Gasteiger partial charge in [-0.1, -0.05) is 187 Å². The van der Waals surface area contributed by atoms with Gasteiger partial charge in [0.1, 0.15) is 48.8 Å². The van der Waals surface area contributed by atoms with Crippen molar-refractivity contribution in [1.82, 2.24) is 0 Å². The molecule has 11 atom stereocenters. The quantitative estimate of drug-likeness (QED) is 0.0247. The van der Waals surface area contributed by atoms with Crippen LogP contribution in [0.25, 0.3) is 10.4 Å². The highest BCUT2D eigenvalue weighted by molar-refractivity contribution is 5.19. The summed E-state index contributed by atoms with van der Waals surface area (Å²) < 4.78 is 75.6. The van der Waals surface area contributed by atoms with Gasteiger partial charge in [0.25, 0.3) is 0 Å². The number of fused-ring (bicyclic) bond motifs is 1. The Labute approximate surface area is 415 Å². The minimum atomic E-state index is -1.08. The molecule has 6 aromatic rings. The summed E-state index contributed by atoms with van der Waals surface area (Å²) in [6, 6.07) is 59.6. The number of hydrogen-bond donors (Lipinski definition) is 0. The largest absolute Gasteiger partial charge is 0.374 e. The molecule has 0 radical (unpaired) electrons. The molecule has 6 aromatic carbocycles. The molecule has 14 heteroatoms. The predicted molar refractivity (Wildman–Crippen MR) is 263 cm³/mol. The van der Waals surface area contributed by atoms with Gasteiger partial charge in [0.05, 0.1) is 46.2 Å². The number of ether oxygens (including phenoxy) is 11. The maximum absolute atomic E-state index is 9.01. The second-order valence-electron chi connectivity index (χ2n) is 17.6. The van der Waals surface area contributed by atoms with Gasteiger partial charge in [0.15, 0.2) is 18.9 Å². The van der Waals surface area contributed by atoms with E-state index in [0.29, 0.717) is 13.0 Å². The Morgan fingerprint density at radius 3 is 1.46 bits per heavy atom. The van der Waals surface area contributed by atoms with Gasteiger partial charge >= 0.3 is 0 Å². The topological polar surface area (TPSA) is 150 Å². The van der Waals surface area contributed by atoms with E-state index < -0.39 is 67.7 Å². The molecule has 71 heavy (non-hydrogen) atoms. The van der Waals surface area contributed by atoms with Crippen molar-refractivity contribution in [3.63, 3.8) is 0 Å². The molecule has 3 aliphatic heterocycles. The first-order chi connectivity index (χ1) is 35.2. The lowest BCUT2D eigenvalue weighted by atomic mass is 9.95. The van der Waals surface area contributed by atoms with Crippen molar-refractivity contribution in [3.05, 3.63) is 226 Å². The van der Waals surface area contributed by atoms with Crippen LogP contribution in [0.3, 0.4) is 0 Å². The van der Waals surface area contributed by atoms with E-state index in [1.807, 2.05) is 182 Å². The third-order valence-electron chi connectivity index (χ3n) is 12.5. The molecule has 0 bridgehead atoms. The Kier molecular flexibility index (Phi) is 18.8. The van der Waals surface area contributed by atoms with Crippen LogP contribution in [0.2, 0.25) is 0 Å². The number of hydrogen-bond acceptors (Lipinski definition) is 12. The molecule has 14 nitrogen and oxygen atoms in total. The summed E-state index contributed by atoms with van der Waals surface area (Å²) in [7, 11) is 0. The molecule has 370 valence electrons. The van der Waals surface area contributed by atoms with Crippen LogP contribution in [0.1, 0.15) is 46.1 Å². The highest BCUT2D eigenvalue weighted by atomic mass is 16.8. The van der Waals surface area contributed by atoms with Gasteiger partial charge in [-0.15, -0.1) is 0 Å². The third-order valence-corrected chi connectivity index (χ3v) is 12.5. The van der Waals surface area contributed by atoms with Crippen LogP contribution < -0.4 is 0 Å². The van der Waals surface area contributed by atoms with Crippen LogP contribution in [0.4, 0.5) is 0 Å². The molecule has 0 aliphatic carbocycles. The summed E-state index contributed by atoms with van der Waals surface area (Å²) in [6.45, 7) is 1.99. The molecule has 0 spiro atoms. The molecule has 0 aromatic heterocycles. The van der Waals surface area contributed by atoms with Crippen LogP contribution in [0.5, 0.6) is 0 Å². The Morgan fingerprint density at radius 1 is 0.479 bits per heavy atom. The van der Waals surface area contributed by atoms with Crippen molar-refractivity contribution in [3.8, 4) is 0 Å². The fraction of sp³-hybridized carbons (Fsp3) is 0.368. The van der Waals surface area contributed by atoms with Gasteiger partial charge in [0.2, 0.25) is 0 Å². The SMILES string of the molecule is [N-]=[N+]=NCCCO[C@H]1O[C@H](COCc2ccccc2)[C@@H](O[C@@H]2OC3COC(c4ccccc4)O[C@@H]3[C@H](OCc3ccccc3)C2OCc2ccccc2)C(OCc2ccccc2)C1OCc1ccccc1. The van der Waals surface area contributed by atoms with E-state index in [1.165, 1.54) is 0 Å². The second kappa shape index (κ2) is 26.6. The number of azide groups is 1. The summed E-state index contributed by atoms with van der Waals surface area (Å²) in [4.78, 5) is 2.92. The van der Waals surface area contributed by atoms with Crippen molar-refractivity contribution < 1.29 is 52.1 Å². The Morgan fingerprint density at radius 2 is 0.944 bits per heavy atom. The van der Waals surface area contributed by atoms with E-state index in [0.717, 1.165) is 33.4 Å². The van der Waals surface area contributed by atoms with Crippen LogP contribution in [0, 0.1) is 0 Å². The molecule has 9 rings (SSSR count). The van der Waals surface area contributed by atoms with Crippen molar-refractivity contribution in [2.45, 2.75) is 107 Å². The molecule has 3 fully saturated rings. The molecule has 0 amide bonds. The predicted octanol–water partition coefficient (Wildman–Crippen LogP) is 10.2. The van der Waals surface area contributed by atoms with E-state index in [2.05, 4.69) is 10.0 Å². The lowest BCUT2D eigenvalue weighted by Crippen LogP contribution is -2.67. The summed E-state index contributed by atoms with van der Waals surface area (Å²) >= 11 is 0. The molecular weight excluding hydrogens is 903 g/mol. The molecular formula is C57H61N3O11. The Hall–Kier alpha value is -5.81. The summed E-state index contributed by atoms with van der Waals surface area (Å²) in [5.74, 6) is 0. The van der Waals surface area contributed by atoms with Crippen LogP contribution in [0.15, 0.2) is 187 Å². The van der Waals surface area contributed by atoms with E-state index in [9.17, 15) is 0 Å². The minimum absolute atomic E-state index is 0.0853. The standard InChI is InChI=1S/C57H61N3O11/c58-60-59-32-19-33-62-56-53(65-37-44-26-13-4-14-27-44)51(63-35-42-22-9-2-10-23-42)49(47(68-56)39-61-34-41-20-7-1-8-21-41)71-57-54(66-38-45-28-15-5-16-29-45)52(64-36-43-24-11-3-12-25-43)50-48(69-57)40-67-55(70-50)46-30-17-6-18-31-46/h1-18,20-31,47-57H,19,32-40H2/t47-,48?,49-,50+,51?,52+,53?,54?,55?,56+,57+/m1/s1. The van der Waals surface area contributed by atoms with Gasteiger partial charge in [-0.2, -0.15) is 0 Å². The van der Waals surface area contributed by atoms with Crippen molar-refractivity contribution in [1.29, 1.82) is 0 Å². The average Bonchev–Trinajstić information content (AvgIpc) is 3.43. The van der Waals surface area contributed by atoms with E-state index in [1.54, 1.807) is 0 Å². The number of rotatable bonds is 24. The zero-order valence-corrected chi connectivity index (χ0v) is 39.6. The van der Waals surface area contributed by atoms with E-state index in [4.69, 9.17) is 57.6 Å². The Balaban J connectivity index is 1.09. The third kappa shape index (κ3) is 14.2. The first kappa shape index (κ1) is 50.1. The highest BCUT2D eigenvalue weighted by Crippen LogP contribution is 2.40. The van der Waals surface area contributed by atoms with Crippen molar-refractivity contribution in [2.24, 2.45) is 5.11 Å². The van der Waals surface area contributed by atoms with Gasteiger partial charge in [-0.05, 0) is 39.8 Å². The molecule has 5 unspecified atom stereocenters. The molecule has 0 saturated carbocycles. The zero-order chi connectivity index (χ0) is 48.3. The zero-order valence-electron chi connectivity index (χ0n) is 39.6. The average molecular weight is 964 g/mol. The van der Waals surface area contributed by atoms with Crippen molar-refractivity contribution >= 4 is 0 Å². The lowest BCUT2D eigenvalue weighted by molar-refractivity contribution is -0.397.